The fourth-order valence-electron chi connectivity index (χ4n) is 3.84. The Hall–Kier alpha value is -0.0800. The van der Waals surface area contributed by atoms with E-state index in [1.54, 1.807) is 0 Å². The molecule has 1 heterocycles. The molecule has 1 spiro atoms. The van der Waals surface area contributed by atoms with Crippen molar-refractivity contribution < 1.29 is 4.74 Å². The molecule has 2 heteroatoms. The summed E-state index contributed by atoms with van der Waals surface area (Å²) in [5.41, 5.74) is 0.179. The second kappa shape index (κ2) is 6.38. The molecule has 1 atom stereocenters. The van der Waals surface area contributed by atoms with Gasteiger partial charge in [0.1, 0.15) is 0 Å². The summed E-state index contributed by atoms with van der Waals surface area (Å²) in [6.07, 6.45) is 9.19. The third kappa shape index (κ3) is 3.08. The molecule has 0 aromatic heterocycles. The third-order valence-corrected chi connectivity index (χ3v) is 5.18. The van der Waals surface area contributed by atoms with Crippen LogP contribution in [0.4, 0.5) is 0 Å². The highest BCUT2D eigenvalue weighted by Crippen LogP contribution is 2.42. The zero-order valence-corrected chi connectivity index (χ0v) is 12.5. The summed E-state index contributed by atoms with van der Waals surface area (Å²) in [4.78, 5) is 0. The first-order valence-corrected chi connectivity index (χ1v) is 8.05. The van der Waals surface area contributed by atoms with Gasteiger partial charge in [0.2, 0.25) is 0 Å². The summed E-state index contributed by atoms with van der Waals surface area (Å²) in [7, 11) is 0. The Morgan fingerprint density at radius 2 is 2.00 bits per heavy atom. The Balaban J connectivity index is 1.95. The van der Waals surface area contributed by atoms with Crippen LogP contribution in [-0.4, -0.2) is 24.8 Å². The first-order chi connectivity index (χ1) is 8.68. The number of rotatable bonds is 4. The zero-order valence-electron chi connectivity index (χ0n) is 12.5. The summed E-state index contributed by atoms with van der Waals surface area (Å²) in [6.45, 7) is 8.99. The molecule has 0 radical (unpaired) electrons. The topological polar surface area (TPSA) is 21.3 Å². The molecule has 1 aliphatic carbocycles. The van der Waals surface area contributed by atoms with Gasteiger partial charge in [0.05, 0.1) is 12.2 Å². The summed E-state index contributed by atoms with van der Waals surface area (Å²) >= 11 is 0. The Labute approximate surface area is 113 Å². The van der Waals surface area contributed by atoms with E-state index < -0.39 is 0 Å². The highest BCUT2D eigenvalue weighted by Gasteiger charge is 2.44. The second-order valence-electron chi connectivity index (χ2n) is 6.64. The van der Waals surface area contributed by atoms with E-state index in [4.69, 9.17) is 4.74 Å². The highest BCUT2D eigenvalue weighted by molar-refractivity contribution is 4.99. The molecule has 2 aliphatic rings. The van der Waals surface area contributed by atoms with E-state index in [0.717, 1.165) is 25.0 Å². The number of nitrogens with one attached hydrogen (secondary N) is 1. The van der Waals surface area contributed by atoms with Crippen LogP contribution in [0, 0.1) is 11.8 Å². The van der Waals surface area contributed by atoms with Crippen molar-refractivity contribution in [1.82, 2.24) is 5.32 Å². The van der Waals surface area contributed by atoms with Crippen molar-refractivity contribution >= 4 is 0 Å². The molecule has 0 aromatic carbocycles. The molecule has 2 fully saturated rings. The van der Waals surface area contributed by atoms with E-state index >= 15 is 0 Å². The molecule has 1 saturated carbocycles. The number of morpholine rings is 1. The third-order valence-electron chi connectivity index (χ3n) is 5.18. The minimum Gasteiger partial charge on any atom is -0.372 e. The van der Waals surface area contributed by atoms with Gasteiger partial charge in [0, 0.05) is 12.6 Å². The summed E-state index contributed by atoms with van der Waals surface area (Å²) in [5.74, 6) is 1.76. The number of hydrogen-bond acceptors (Lipinski definition) is 2. The van der Waals surface area contributed by atoms with E-state index in [2.05, 4.69) is 26.1 Å². The van der Waals surface area contributed by atoms with Crippen molar-refractivity contribution in [3.63, 3.8) is 0 Å². The predicted molar refractivity (Wildman–Crippen MR) is 76.8 cm³/mol. The van der Waals surface area contributed by atoms with Gasteiger partial charge in [-0.05, 0) is 43.9 Å². The Kier molecular flexibility index (Phi) is 5.08. The van der Waals surface area contributed by atoms with Crippen LogP contribution >= 0.6 is 0 Å². The molecule has 2 rings (SSSR count). The molecule has 2 nitrogen and oxygen atoms in total. The normalized spacial score (nSPS) is 37.3. The molecule has 1 aliphatic heterocycles. The Bertz CT molecular complexity index is 243. The van der Waals surface area contributed by atoms with Gasteiger partial charge in [0.25, 0.3) is 0 Å². The van der Waals surface area contributed by atoms with Crippen molar-refractivity contribution in [2.75, 3.05) is 13.2 Å². The summed E-state index contributed by atoms with van der Waals surface area (Å²) < 4.78 is 6.28. The van der Waals surface area contributed by atoms with Crippen molar-refractivity contribution in [2.24, 2.45) is 11.8 Å². The molecule has 0 bridgehead atoms. The fourth-order valence-corrected chi connectivity index (χ4v) is 3.84. The van der Waals surface area contributed by atoms with E-state index in [1.807, 2.05) is 0 Å². The average Bonchev–Trinajstić information content (AvgIpc) is 2.38. The Morgan fingerprint density at radius 3 is 2.61 bits per heavy atom. The lowest BCUT2D eigenvalue weighted by Gasteiger charge is -2.49. The van der Waals surface area contributed by atoms with E-state index in [0.29, 0.717) is 6.04 Å². The summed E-state index contributed by atoms with van der Waals surface area (Å²) in [5, 5.41) is 3.73. The monoisotopic (exact) mass is 253 g/mol. The van der Waals surface area contributed by atoms with Gasteiger partial charge in [-0.2, -0.15) is 0 Å². The first kappa shape index (κ1) is 14.3. The van der Waals surface area contributed by atoms with Gasteiger partial charge in [0.15, 0.2) is 0 Å². The molecule has 0 amide bonds. The van der Waals surface area contributed by atoms with Crippen LogP contribution in [0.25, 0.3) is 0 Å². The smallest absolute Gasteiger partial charge is 0.0835 e. The van der Waals surface area contributed by atoms with Crippen LogP contribution < -0.4 is 5.32 Å². The van der Waals surface area contributed by atoms with Crippen molar-refractivity contribution in [3.8, 4) is 0 Å². The average molecular weight is 253 g/mol. The molecular weight excluding hydrogens is 222 g/mol. The molecule has 1 unspecified atom stereocenters. The van der Waals surface area contributed by atoms with Gasteiger partial charge < -0.3 is 10.1 Å². The van der Waals surface area contributed by atoms with Gasteiger partial charge in [-0.3, -0.25) is 0 Å². The van der Waals surface area contributed by atoms with Crippen LogP contribution in [0.2, 0.25) is 0 Å². The van der Waals surface area contributed by atoms with Gasteiger partial charge in [-0.15, -0.1) is 0 Å². The van der Waals surface area contributed by atoms with E-state index in [-0.39, 0.29) is 5.60 Å². The van der Waals surface area contributed by atoms with Gasteiger partial charge >= 0.3 is 0 Å². The molecule has 1 saturated heterocycles. The standard InChI is InChI=1S/C16H31NO/c1-4-5-6-15-16(18-12-11-17-15)9-7-14(8-10-16)13(2)3/h13-15,17H,4-12H2,1-3H3. The lowest BCUT2D eigenvalue weighted by molar-refractivity contribution is -0.127. The molecule has 18 heavy (non-hydrogen) atoms. The lowest BCUT2D eigenvalue weighted by atomic mass is 9.70. The number of unbranched alkanes of at least 4 members (excludes halogenated alkanes) is 1. The van der Waals surface area contributed by atoms with Crippen LogP contribution in [0.15, 0.2) is 0 Å². The van der Waals surface area contributed by atoms with Crippen molar-refractivity contribution in [3.05, 3.63) is 0 Å². The van der Waals surface area contributed by atoms with E-state index in [9.17, 15) is 0 Å². The zero-order chi connectivity index (χ0) is 13.0. The molecule has 106 valence electrons. The quantitative estimate of drug-likeness (QED) is 0.824. The van der Waals surface area contributed by atoms with Crippen LogP contribution in [0.1, 0.15) is 65.7 Å². The van der Waals surface area contributed by atoms with E-state index in [1.165, 1.54) is 44.9 Å². The van der Waals surface area contributed by atoms with Crippen LogP contribution in [0.5, 0.6) is 0 Å². The Morgan fingerprint density at radius 1 is 1.28 bits per heavy atom. The van der Waals surface area contributed by atoms with Gasteiger partial charge in [-0.1, -0.05) is 33.6 Å². The minimum atomic E-state index is 0.179. The first-order valence-electron chi connectivity index (χ1n) is 8.05. The molecule has 1 N–H and O–H groups in total. The fraction of sp³-hybridized carbons (Fsp3) is 1.00. The highest BCUT2D eigenvalue weighted by atomic mass is 16.5. The minimum absolute atomic E-state index is 0.179. The molecule has 0 aromatic rings. The maximum Gasteiger partial charge on any atom is 0.0835 e. The SMILES string of the molecule is CCCCC1NCCOC12CCC(C(C)C)CC2. The van der Waals surface area contributed by atoms with Crippen LogP contribution in [-0.2, 0) is 4.74 Å². The maximum atomic E-state index is 6.28. The lowest BCUT2D eigenvalue weighted by Crippen LogP contribution is -2.59. The van der Waals surface area contributed by atoms with Crippen LogP contribution in [0.3, 0.4) is 0 Å². The number of ether oxygens (including phenoxy) is 1. The summed E-state index contributed by atoms with van der Waals surface area (Å²) in [6, 6.07) is 0.610. The largest absolute Gasteiger partial charge is 0.372 e. The van der Waals surface area contributed by atoms with Crippen molar-refractivity contribution in [2.45, 2.75) is 77.4 Å². The molecular formula is C16H31NO. The van der Waals surface area contributed by atoms with Gasteiger partial charge in [-0.25, -0.2) is 0 Å². The predicted octanol–water partition coefficient (Wildman–Crippen LogP) is 3.75. The second-order valence-corrected chi connectivity index (χ2v) is 6.64. The maximum absolute atomic E-state index is 6.28. The number of hydrogen-bond donors (Lipinski definition) is 1. The van der Waals surface area contributed by atoms with Crippen molar-refractivity contribution in [1.29, 1.82) is 0 Å².